The first-order valence-electron chi connectivity index (χ1n) is 1.19. The van der Waals surface area contributed by atoms with Crippen LogP contribution in [0.15, 0.2) is 0 Å². The highest BCUT2D eigenvalue weighted by molar-refractivity contribution is 7.71. The van der Waals surface area contributed by atoms with Gasteiger partial charge in [0.05, 0.1) is 0 Å². The monoisotopic (exact) mass is 130 g/mol. The van der Waals surface area contributed by atoms with Gasteiger partial charge in [-0.1, -0.05) is 0 Å². The minimum atomic E-state index is -2.12. The normalized spacial score (nSPS) is 6.67. The van der Waals surface area contributed by atoms with Crippen LogP contribution < -0.4 is 0 Å². The second kappa shape index (κ2) is 8.97. The van der Waals surface area contributed by atoms with Crippen LogP contribution in [0.5, 0.6) is 0 Å². The minimum Gasteiger partial charge on any atom is -0.232 e. The lowest BCUT2D eigenvalue weighted by molar-refractivity contribution is 0.619. The topological polar surface area (TPSA) is 34.1 Å². The molecule has 0 saturated carbocycles. The molecule has 0 aromatic heterocycles. The molecule has 0 heterocycles. The van der Waals surface area contributed by atoms with Crippen LogP contribution >= 0.6 is 11.6 Å². The SMILES string of the molecule is CCl.C[SH](=O)=O. The van der Waals surface area contributed by atoms with Gasteiger partial charge in [0.15, 0.2) is 0 Å². The molecule has 0 spiro atoms. The van der Waals surface area contributed by atoms with Gasteiger partial charge in [-0.2, -0.15) is 0 Å². The van der Waals surface area contributed by atoms with E-state index in [1.54, 1.807) is 0 Å². The van der Waals surface area contributed by atoms with Gasteiger partial charge in [0.2, 0.25) is 0 Å². The fourth-order valence-corrected chi connectivity index (χ4v) is 0. The van der Waals surface area contributed by atoms with Gasteiger partial charge in [-0.05, 0) is 0 Å². The Bertz CT molecular complexity index is 59.9. The minimum absolute atomic E-state index is 1.12. The maximum atomic E-state index is 9.04. The lowest BCUT2D eigenvalue weighted by atomic mass is 12.0. The molecule has 0 unspecified atom stereocenters. The second-order valence-corrected chi connectivity index (χ2v) is 1.32. The molecule has 0 aromatic rings. The Morgan fingerprint density at radius 3 is 1.33 bits per heavy atom. The molecule has 0 aromatic carbocycles. The molecule has 0 N–H and O–H groups in total. The zero-order valence-electron chi connectivity index (χ0n) is 3.64. The summed E-state index contributed by atoms with van der Waals surface area (Å²) in [6.07, 6.45) is 2.59. The summed E-state index contributed by atoms with van der Waals surface area (Å²) in [7, 11) is -2.12. The van der Waals surface area contributed by atoms with Crippen LogP contribution in [0.3, 0.4) is 0 Å². The fraction of sp³-hybridized carbons (Fsp3) is 1.00. The van der Waals surface area contributed by atoms with Crippen LogP contribution in [0, 0.1) is 0 Å². The number of alkyl halides is 1. The Morgan fingerprint density at radius 2 is 1.33 bits per heavy atom. The molecule has 6 heavy (non-hydrogen) atoms. The summed E-state index contributed by atoms with van der Waals surface area (Å²) in [5.41, 5.74) is 0. The van der Waals surface area contributed by atoms with Gasteiger partial charge in [-0.25, -0.2) is 8.42 Å². The van der Waals surface area contributed by atoms with Gasteiger partial charge in [-0.3, -0.25) is 0 Å². The average molecular weight is 131 g/mol. The first kappa shape index (κ1) is 9.53. The molecule has 0 aliphatic carbocycles. The molecule has 0 rings (SSSR count). The van der Waals surface area contributed by atoms with Crippen molar-refractivity contribution in [2.24, 2.45) is 0 Å². The van der Waals surface area contributed by atoms with Gasteiger partial charge >= 0.3 is 0 Å². The summed E-state index contributed by atoms with van der Waals surface area (Å²) in [5, 5.41) is 0. The van der Waals surface area contributed by atoms with Crippen molar-refractivity contribution in [3.63, 3.8) is 0 Å². The molecule has 0 atom stereocenters. The molecular formula is C2H7ClO2S. The van der Waals surface area contributed by atoms with Crippen LogP contribution in [-0.2, 0) is 10.7 Å². The van der Waals surface area contributed by atoms with E-state index in [0.29, 0.717) is 0 Å². The fourth-order valence-electron chi connectivity index (χ4n) is 0. The predicted octanol–water partition coefficient (Wildman–Crippen LogP) is 0.0826. The van der Waals surface area contributed by atoms with Gasteiger partial charge in [-0.15, -0.1) is 11.6 Å². The van der Waals surface area contributed by atoms with Crippen molar-refractivity contribution in [3.8, 4) is 0 Å². The zero-order chi connectivity index (χ0) is 5.58. The summed E-state index contributed by atoms with van der Waals surface area (Å²) in [4.78, 5) is 0. The zero-order valence-corrected chi connectivity index (χ0v) is 5.29. The number of rotatable bonds is 0. The van der Waals surface area contributed by atoms with E-state index >= 15 is 0 Å². The molecule has 40 valence electrons. The summed E-state index contributed by atoms with van der Waals surface area (Å²) in [6.45, 7) is 0. The van der Waals surface area contributed by atoms with Gasteiger partial charge in [0, 0.05) is 12.6 Å². The van der Waals surface area contributed by atoms with Crippen molar-refractivity contribution in [2.45, 2.75) is 0 Å². The number of halogens is 1. The Hall–Kier alpha value is 0.240. The summed E-state index contributed by atoms with van der Waals surface area (Å²) >= 11 is 4.64. The Morgan fingerprint density at radius 1 is 1.33 bits per heavy atom. The molecule has 0 fully saturated rings. The summed E-state index contributed by atoms with van der Waals surface area (Å²) in [5.74, 6) is 0. The van der Waals surface area contributed by atoms with E-state index < -0.39 is 10.7 Å². The highest BCUT2D eigenvalue weighted by Crippen LogP contribution is 1.34. The van der Waals surface area contributed by atoms with E-state index in [2.05, 4.69) is 11.6 Å². The van der Waals surface area contributed by atoms with Gasteiger partial charge in [0.25, 0.3) is 0 Å². The molecule has 0 radical (unpaired) electrons. The smallest absolute Gasteiger partial charge is 0.137 e. The first-order chi connectivity index (χ1) is 2.73. The number of hydrogen-bond acceptors (Lipinski definition) is 2. The van der Waals surface area contributed by atoms with E-state index in [4.69, 9.17) is 8.42 Å². The highest BCUT2D eigenvalue weighted by Gasteiger charge is 1.44. The third-order valence-electron chi connectivity index (χ3n) is 0. The second-order valence-electron chi connectivity index (χ2n) is 0.440. The first-order valence-corrected chi connectivity index (χ1v) is 3.57. The molecule has 0 aliphatic rings. The van der Waals surface area contributed by atoms with Gasteiger partial charge < -0.3 is 0 Å². The molecule has 0 aliphatic heterocycles. The van der Waals surface area contributed by atoms with Crippen molar-refractivity contribution in [2.75, 3.05) is 12.6 Å². The van der Waals surface area contributed by atoms with Crippen molar-refractivity contribution in [1.29, 1.82) is 0 Å². The lowest BCUT2D eigenvalue weighted by Gasteiger charge is -1.41. The highest BCUT2D eigenvalue weighted by atomic mass is 35.5. The number of hydrogen-bond donors (Lipinski definition) is 1. The molecule has 0 bridgehead atoms. The third-order valence-corrected chi connectivity index (χ3v) is 0. The van der Waals surface area contributed by atoms with Crippen molar-refractivity contribution in [1.82, 2.24) is 0 Å². The molecule has 0 amide bonds. The molecule has 4 heteroatoms. The van der Waals surface area contributed by atoms with Crippen molar-refractivity contribution < 1.29 is 8.42 Å². The van der Waals surface area contributed by atoms with E-state index in [9.17, 15) is 0 Å². The lowest BCUT2D eigenvalue weighted by Crippen LogP contribution is -1.56. The molecule has 0 saturated heterocycles. The van der Waals surface area contributed by atoms with Crippen LogP contribution in [-0.4, -0.2) is 21.1 Å². The average Bonchev–Trinajstić information content (AvgIpc) is 1.41. The number of thiol groups is 1. The predicted molar refractivity (Wildman–Crippen MR) is 28.0 cm³/mol. The standard InChI is InChI=1S/CH3Cl.CH4O2S/c1-2;1-4(2)3/h1H3;4H,1H3. The van der Waals surface area contributed by atoms with Crippen LogP contribution in [0.25, 0.3) is 0 Å². The molecule has 2 nitrogen and oxygen atoms in total. The van der Waals surface area contributed by atoms with Crippen LogP contribution in [0.2, 0.25) is 0 Å². The maximum absolute atomic E-state index is 9.04. The summed E-state index contributed by atoms with van der Waals surface area (Å²) in [6, 6.07) is 0. The third kappa shape index (κ3) is 773. The Kier molecular flexibility index (Phi) is 14.3. The Balaban J connectivity index is 0. The Labute approximate surface area is 44.1 Å². The maximum Gasteiger partial charge on any atom is 0.137 e. The summed E-state index contributed by atoms with van der Waals surface area (Å²) < 4.78 is 18.1. The van der Waals surface area contributed by atoms with Crippen LogP contribution in [0.1, 0.15) is 0 Å². The van der Waals surface area contributed by atoms with Crippen molar-refractivity contribution >= 4 is 22.3 Å². The van der Waals surface area contributed by atoms with E-state index in [0.717, 1.165) is 6.26 Å². The largest absolute Gasteiger partial charge is 0.232 e. The van der Waals surface area contributed by atoms with E-state index in [-0.39, 0.29) is 0 Å². The van der Waals surface area contributed by atoms with E-state index in [1.807, 2.05) is 0 Å². The van der Waals surface area contributed by atoms with Gasteiger partial charge in [0.1, 0.15) is 10.7 Å². The molecular weight excluding hydrogens is 124 g/mol. The van der Waals surface area contributed by atoms with Crippen molar-refractivity contribution in [3.05, 3.63) is 0 Å². The quantitative estimate of drug-likeness (QED) is 0.372. The van der Waals surface area contributed by atoms with E-state index in [1.165, 1.54) is 6.38 Å². The van der Waals surface area contributed by atoms with Crippen LogP contribution in [0.4, 0.5) is 0 Å².